The van der Waals surface area contributed by atoms with E-state index in [1.807, 2.05) is 0 Å². The van der Waals surface area contributed by atoms with Gasteiger partial charge in [-0.1, -0.05) is 117 Å². The molecule has 0 amide bonds. The molecule has 0 aromatic carbocycles. The maximum absolute atomic E-state index is 13.9. The first-order valence-corrected chi connectivity index (χ1v) is 30.2. The molecule has 176 valence electrons. The molecule has 4 nitrogen and oxygen atoms in total. The van der Waals surface area contributed by atoms with Crippen molar-refractivity contribution in [1.82, 2.24) is 0 Å². The molecule has 0 unspecified atom stereocenters. The summed E-state index contributed by atoms with van der Waals surface area (Å²) in [6.07, 6.45) is 0. The van der Waals surface area contributed by atoms with E-state index in [0.29, 0.717) is 0 Å². The molecular weight excluding hydrogens is 480 g/mol. The first-order valence-electron chi connectivity index (χ1n) is 12.2. The van der Waals surface area contributed by atoms with Crippen LogP contribution in [0.1, 0.15) is 62.3 Å². The van der Waals surface area contributed by atoms with Gasteiger partial charge in [0.2, 0.25) is 0 Å². The Morgan fingerprint density at radius 2 is 0.655 bits per heavy atom. The molecule has 0 aromatic heterocycles. The maximum Gasteiger partial charge on any atom is 0.442 e. The molecule has 0 aliphatic carbocycles. The summed E-state index contributed by atoms with van der Waals surface area (Å²) in [7, 11) is -10.1. The van der Waals surface area contributed by atoms with Crippen LogP contribution in [0.25, 0.3) is 0 Å². The lowest BCUT2D eigenvalue weighted by molar-refractivity contribution is 0.321. The zero-order valence-electron chi connectivity index (χ0n) is 21.1. The molecule has 0 aliphatic rings. The monoisotopic (exact) mass is 530 g/mol. The predicted molar refractivity (Wildman–Crippen MR) is 148 cm³/mol. The molecule has 0 spiro atoms. The lowest BCUT2D eigenvalue weighted by Crippen LogP contribution is -2.44. The summed E-state index contributed by atoms with van der Waals surface area (Å²) in [5.74, 6) is 0. The van der Waals surface area contributed by atoms with Crippen molar-refractivity contribution in [2.24, 2.45) is 0 Å². The second-order valence-corrected chi connectivity index (χ2v) is 45.3. The molecule has 0 heterocycles. The largest absolute Gasteiger partial charge is 0.442 e. The van der Waals surface area contributed by atoms with Gasteiger partial charge < -0.3 is 12.6 Å². The molecule has 0 N–H and O–H groups in total. The maximum atomic E-state index is 13.9. The van der Waals surface area contributed by atoms with E-state index >= 15 is 0 Å². The normalized spacial score (nSPS) is 16.7. The van der Waals surface area contributed by atoms with Gasteiger partial charge in [0.15, 0.2) is 27.8 Å². The number of rotatable bonds is 18. The van der Waals surface area contributed by atoms with Crippen molar-refractivity contribution in [3.63, 3.8) is 0 Å². The minimum absolute atomic E-state index is 0.851. The fourth-order valence-electron chi connectivity index (χ4n) is 3.93. The standard InChI is InChI=1S/C18H51O4PSi6/c1-10-27(11-2,12-3)24-20-23(19,21-25-28(13-4,14-5)15-6)22-26-29(16-7,17-8)18-9/h10-18,24-26H2,1-9H3. The van der Waals surface area contributed by atoms with Crippen molar-refractivity contribution >= 4 is 58.4 Å². The van der Waals surface area contributed by atoms with Crippen molar-refractivity contribution in [1.29, 1.82) is 0 Å². The molecule has 11 heteroatoms. The van der Waals surface area contributed by atoms with Gasteiger partial charge in [-0.3, -0.25) is 0 Å². The van der Waals surface area contributed by atoms with E-state index in [1.54, 1.807) is 0 Å². The van der Waals surface area contributed by atoms with E-state index in [4.69, 9.17) is 12.6 Å². The average Bonchev–Trinajstić information content (AvgIpc) is 2.78. The van der Waals surface area contributed by atoms with Gasteiger partial charge in [-0.15, -0.1) is 0 Å². The van der Waals surface area contributed by atoms with Crippen LogP contribution in [-0.4, -0.2) is 50.6 Å². The van der Waals surface area contributed by atoms with Gasteiger partial charge in [-0.25, -0.2) is 4.57 Å². The summed E-state index contributed by atoms with van der Waals surface area (Å²) in [6, 6.07) is 11.1. The Morgan fingerprint density at radius 3 is 0.793 bits per heavy atom. The first-order chi connectivity index (χ1) is 13.7. The highest BCUT2D eigenvalue weighted by Crippen LogP contribution is 2.50. The van der Waals surface area contributed by atoms with Gasteiger partial charge >= 0.3 is 7.82 Å². The Balaban J connectivity index is 5.53. The van der Waals surface area contributed by atoms with E-state index in [1.165, 1.54) is 54.4 Å². The highest BCUT2D eigenvalue weighted by Gasteiger charge is 2.40. The molecule has 0 bridgehead atoms. The van der Waals surface area contributed by atoms with E-state index in [9.17, 15) is 4.57 Å². The summed E-state index contributed by atoms with van der Waals surface area (Å²) in [6.45, 7) is 20.7. The van der Waals surface area contributed by atoms with Crippen LogP contribution in [0.5, 0.6) is 0 Å². The molecule has 0 saturated heterocycles. The summed E-state index contributed by atoms with van der Waals surface area (Å²) in [5, 5.41) is 0. The quantitative estimate of drug-likeness (QED) is 0.175. The molecule has 29 heavy (non-hydrogen) atoms. The number of hydrogen-bond acceptors (Lipinski definition) is 4. The summed E-state index contributed by atoms with van der Waals surface area (Å²) in [5.41, 5.74) is 0. The smallest absolute Gasteiger partial charge is 0.342 e. The Bertz CT molecular complexity index is 394. The average molecular weight is 531 g/mol. The second-order valence-electron chi connectivity index (χ2n) is 8.95. The summed E-state index contributed by atoms with van der Waals surface area (Å²) in [4.78, 5) is 0. The van der Waals surface area contributed by atoms with E-state index in [-0.39, 0.29) is 0 Å². The van der Waals surface area contributed by atoms with Crippen molar-refractivity contribution in [2.45, 2.75) is 117 Å². The SMILES string of the molecule is CC[Si](CC)(CC)[SiH2]OP(=O)(O[SiH2][Si](CC)(CC)CC)O[SiH2][Si](CC)(CC)CC. The van der Waals surface area contributed by atoms with Crippen LogP contribution in [0.15, 0.2) is 0 Å². The molecule has 0 rings (SSSR count). The van der Waals surface area contributed by atoms with E-state index in [2.05, 4.69) is 62.3 Å². The Labute approximate surface area is 191 Å². The first kappa shape index (κ1) is 30.4. The Morgan fingerprint density at radius 1 is 0.483 bits per heavy atom. The van der Waals surface area contributed by atoms with Crippen LogP contribution in [0.4, 0.5) is 0 Å². The Kier molecular flexibility index (Phi) is 15.2. The predicted octanol–water partition coefficient (Wildman–Crippen LogP) is 5.41. The van der Waals surface area contributed by atoms with Crippen LogP contribution in [0.3, 0.4) is 0 Å². The molecule has 0 radical (unpaired) electrons. The van der Waals surface area contributed by atoms with Gasteiger partial charge in [-0.05, 0) is 0 Å². The third-order valence-electron chi connectivity index (χ3n) is 8.34. The molecule has 0 aliphatic heterocycles. The molecule has 0 saturated carbocycles. The lowest BCUT2D eigenvalue weighted by atomic mass is 10.9. The third kappa shape index (κ3) is 9.05. The topological polar surface area (TPSA) is 44.8 Å². The van der Waals surface area contributed by atoms with Gasteiger partial charge in [0.1, 0.15) is 0 Å². The Hall–Kier alpha value is 1.41. The van der Waals surface area contributed by atoms with E-state index in [0.717, 1.165) is 0 Å². The van der Waals surface area contributed by atoms with Crippen LogP contribution < -0.4 is 0 Å². The molecule has 0 aromatic rings. The highest BCUT2D eigenvalue weighted by atomic mass is 31.2. The van der Waals surface area contributed by atoms with E-state index < -0.39 is 58.4 Å². The van der Waals surface area contributed by atoms with Gasteiger partial charge in [0.25, 0.3) is 0 Å². The summed E-state index contributed by atoms with van der Waals surface area (Å²) < 4.78 is 33.0. The van der Waals surface area contributed by atoms with Crippen LogP contribution in [-0.2, 0) is 17.2 Å². The van der Waals surface area contributed by atoms with Crippen LogP contribution in [0.2, 0.25) is 54.4 Å². The second kappa shape index (κ2) is 14.5. The minimum atomic E-state index is -3.34. The van der Waals surface area contributed by atoms with Gasteiger partial charge in [0.05, 0.1) is 22.8 Å². The lowest BCUT2D eigenvalue weighted by Gasteiger charge is -2.34. The summed E-state index contributed by atoms with van der Waals surface area (Å²) >= 11 is 0. The zero-order chi connectivity index (χ0) is 22.6. The van der Waals surface area contributed by atoms with Crippen LogP contribution >= 0.6 is 7.82 Å². The molecular formula is C18H51O4PSi6. The van der Waals surface area contributed by atoms with Crippen molar-refractivity contribution < 1.29 is 17.2 Å². The highest BCUT2D eigenvalue weighted by molar-refractivity contribution is 7.56. The third-order valence-corrected chi connectivity index (χ3v) is 51.5. The van der Waals surface area contributed by atoms with Gasteiger partial charge in [0, 0.05) is 0 Å². The van der Waals surface area contributed by atoms with Crippen molar-refractivity contribution in [3.05, 3.63) is 0 Å². The molecule has 0 atom stereocenters. The number of hydrogen-bond donors (Lipinski definition) is 0. The van der Waals surface area contributed by atoms with Crippen LogP contribution in [0, 0.1) is 0 Å². The fraction of sp³-hybridized carbons (Fsp3) is 1.00. The minimum Gasteiger partial charge on any atom is -0.342 e. The van der Waals surface area contributed by atoms with Crippen molar-refractivity contribution in [2.75, 3.05) is 0 Å². The zero-order valence-corrected chi connectivity index (χ0v) is 29.2. The number of phosphoric acid groups is 1. The molecule has 0 fully saturated rings. The van der Waals surface area contributed by atoms with Crippen molar-refractivity contribution in [3.8, 4) is 0 Å². The van der Waals surface area contributed by atoms with Gasteiger partial charge in [-0.2, -0.15) is 0 Å². The fourth-order valence-corrected chi connectivity index (χ4v) is 35.5.